The van der Waals surface area contributed by atoms with Gasteiger partial charge in [-0.05, 0) is 49.1 Å². The van der Waals surface area contributed by atoms with Gasteiger partial charge in [-0.3, -0.25) is 14.8 Å². The lowest BCUT2D eigenvalue weighted by atomic mass is 10.0. The predicted octanol–water partition coefficient (Wildman–Crippen LogP) is 3.70. The van der Waals surface area contributed by atoms with Crippen LogP contribution in [0.4, 0.5) is 0 Å². The molecular weight excluding hydrogens is 530 g/mol. The SMILES string of the molecule is CC(C)(C)NS(=O)(=O)c1ccccc1-c1ccc(CN(C(=O)CCC(=O)NO)[C@H]2c3ccccc3C[C@H]2O)cc1. The van der Waals surface area contributed by atoms with E-state index < -0.39 is 33.6 Å². The van der Waals surface area contributed by atoms with Gasteiger partial charge in [0.25, 0.3) is 0 Å². The minimum Gasteiger partial charge on any atom is -0.390 e. The molecule has 3 aromatic carbocycles. The molecule has 3 aromatic rings. The molecule has 2 amide bonds. The molecule has 0 saturated heterocycles. The average Bonchev–Trinajstić information content (AvgIpc) is 3.24. The van der Waals surface area contributed by atoms with Gasteiger partial charge in [0, 0.05) is 36.9 Å². The molecule has 212 valence electrons. The second kappa shape index (κ2) is 11.9. The minimum atomic E-state index is -3.78. The number of amides is 2. The van der Waals surface area contributed by atoms with Crippen LogP contribution in [0.15, 0.2) is 77.7 Å². The molecule has 0 heterocycles. The summed E-state index contributed by atoms with van der Waals surface area (Å²) in [4.78, 5) is 26.7. The molecule has 2 atom stereocenters. The van der Waals surface area contributed by atoms with Crippen molar-refractivity contribution in [3.8, 4) is 11.1 Å². The molecule has 4 N–H and O–H groups in total. The van der Waals surface area contributed by atoms with E-state index in [1.165, 1.54) is 0 Å². The number of aliphatic hydroxyl groups excluding tert-OH is 1. The third-order valence-corrected chi connectivity index (χ3v) is 8.57. The highest BCUT2D eigenvalue weighted by molar-refractivity contribution is 7.89. The first-order chi connectivity index (χ1) is 18.9. The van der Waals surface area contributed by atoms with Crippen LogP contribution in [0.25, 0.3) is 11.1 Å². The Morgan fingerprint density at radius 3 is 2.27 bits per heavy atom. The lowest BCUT2D eigenvalue weighted by molar-refractivity contribution is -0.140. The monoisotopic (exact) mass is 565 g/mol. The van der Waals surface area contributed by atoms with E-state index in [0.717, 1.165) is 16.7 Å². The van der Waals surface area contributed by atoms with Crippen LogP contribution in [0, 0.1) is 0 Å². The van der Waals surface area contributed by atoms with Crippen molar-refractivity contribution in [3.05, 3.63) is 89.5 Å². The number of nitrogens with zero attached hydrogens (tertiary/aromatic N) is 1. The summed E-state index contributed by atoms with van der Waals surface area (Å²) in [6, 6.07) is 21.0. The highest BCUT2D eigenvalue weighted by Gasteiger charge is 2.37. The number of nitrogens with one attached hydrogen (secondary N) is 2. The number of benzene rings is 3. The van der Waals surface area contributed by atoms with Crippen LogP contribution < -0.4 is 10.2 Å². The first-order valence-electron chi connectivity index (χ1n) is 13.1. The molecular formula is C30H35N3O6S. The van der Waals surface area contributed by atoms with Gasteiger partial charge < -0.3 is 10.0 Å². The highest BCUT2D eigenvalue weighted by Crippen LogP contribution is 2.37. The summed E-state index contributed by atoms with van der Waals surface area (Å²) in [5.41, 5.74) is 4.74. The van der Waals surface area contributed by atoms with Crippen LogP contribution in [0.1, 0.15) is 56.3 Å². The Balaban J connectivity index is 1.63. The van der Waals surface area contributed by atoms with Gasteiger partial charge in [0.05, 0.1) is 17.0 Å². The fraction of sp³-hybridized carbons (Fsp3) is 0.333. The maximum absolute atomic E-state index is 13.3. The van der Waals surface area contributed by atoms with Crippen molar-refractivity contribution in [2.75, 3.05) is 0 Å². The topological polar surface area (TPSA) is 136 Å². The van der Waals surface area contributed by atoms with Crippen LogP contribution in [-0.4, -0.2) is 47.1 Å². The standard InChI is InChI=1S/C30H35N3O6S/c1-30(2,3)32-40(38,39)26-11-7-6-9-23(26)21-14-12-20(13-15-21)19-33(28(36)17-16-27(35)31-37)29-24-10-5-4-8-22(24)18-25(29)34/h4-15,25,29,32,34,37H,16-19H2,1-3H3,(H,31,35)/t25-,29+/m1/s1. The largest absolute Gasteiger partial charge is 0.390 e. The third-order valence-electron chi connectivity index (χ3n) is 6.75. The fourth-order valence-electron chi connectivity index (χ4n) is 5.07. The lowest BCUT2D eigenvalue weighted by Crippen LogP contribution is -2.40. The first-order valence-corrected chi connectivity index (χ1v) is 14.6. The quantitative estimate of drug-likeness (QED) is 0.231. The van der Waals surface area contributed by atoms with Crippen LogP contribution in [0.5, 0.6) is 0 Å². The minimum absolute atomic E-state index is 0.137. The molecule has 0 fully saturated rings. The molecule has 0 radical (unpaired) electrons. The van der Waals surface area contributed by atoms with Crippen molar-refractivity contribution in [1.29, 1.82) is 0 Å². The maximum atomic E-state index is 13.3. The van der Waals surface area contributed by atoms with Crippen molar-refractivity contribution in [3.63, 3.8) is 0 Å². The second-order valence-electron chi connectivity index (χ2n) is 11.0. The number of carbonyl (C=O) groups is 2. The van der Waals surface area contributed by atoms with Crippen molar-refractivity contribution in [1.82, 2.24) is 15.1 Å². The number of rotatable bonds is 9. The number of hydrogen-bond acceptors (Lipinski definition) is 6. The van der Waals surface area contributed by atoms with E-state index in [9.17, 15) is 23.1 Å². The second-order valence-corrected chi connectivity index (χ2v) is 12.7. The van der Waals surface area contributed by atoms with Gasteiger partial charge >= 0.3 is 0 Å². The number of sulfonamides is 1. The van der Waals surface area contributed by atoms with Gasteiger partial charge in [0.15, 0.2) is 0 Å². The summed E-state index contributed by atoms with van der Waals surface area (Å²) in [6.07, 6.45) is -0.723. The highest BCUT2D eigenvalue weighted by atomic mass is 32.2. The van der Waals surface area contributed by atoms with E-state index in [-0.39, 0.29) is 30.2 Å². The van der Waals surface area contributed by atoms with E-state index in [0.29, 0.717) is 17.5 Å². The number of aliphatic hydroxyl groups is 1. The molecule has 0 unspecified atom stereocenters. The van der Waals surface area contributed by atoms with Crippen molar-refractivity contribution >= 4 is 21.8 Å². The Bertz CT molecular complexity index is 1480. The number of carbonyl (C=O) groups excluding carboxylic acids is 2. The van der Waals surface area contributed by atoms with E-state index in [2.05, 4.69) is 4.72 Å². The number of fused-ring (bicyclic) bond motifs is 1. The Kier molecular flexibility index (Phi) is 8.74. The molecule has 1 aliphatic carbocycles. The Morgan fingerprint density at radius 2 is 1.60 bits per heavy atom. The molecule has 0 spiro atoms. The summed E-state index contributed by atoms with van der Waals surface area (Å²) in [6.45, 7) is 5.52. The van der Waals surface area contributed by atoms with Crippen molar-refractivity contribution in [2.24, 2.45) is 0 Å². The first kappa shape index (κ1) is 29.4. The molecule has 9 nitrogen and oxygen atoms in total. The van der Waals surface area contributed by atoms with Crippen LogP contribution >= 0.6 is 0 Å². The van der Waals surface area contributed by atoms with Gasteiger partial charge in [-0.2, -0.15) is 0 Å². The molecule has 4 rings (SSSR count). The zero-order valence-corrected chi connectivity index (χ0v) is 23.6. The average molecular weight is 566 g/mol. The smallest absolute Gasteiger partial charge is 0.243 e. The Morgan fingerprint density at radius 1 is 0.950 bits per heavy atom. The van der Waals surface area contributed by atoms with Crippen molar-refractivity contribution in [2.45, 2.75) is 69.2 Å². The zero-order valence-electron chi connectivity index (χ0n) is 22.8. The summed E-state index contributed by atoms with van der Waals surface area (Å²) < 4.78 is 28.9. The van der Waals surface area contributed by atoms with Gasteiger partial charge in [-0.25, -0.2) is 18.6 Å². The summed E-state index contributed by atoms with van der Waals surface area (Å²) in [7, 11) is -3.78. The normalized spacial score (nSPS) is 16.8. The van der Waals surface area contributed by atoms with Gasteiger partial charge in [-0.15, -0.1) is 0 Å². The molecule has 0 aliphatic heterocycles. The summed E-state index contributed by atoms with van der Waals surface area (Å²) >= 11 is 0. The summed E-state index contributed by atoms with van der Waals surface area (Å²) in [5.74, 6) is -1.00. The zero-order chi connectivity index (χ0) is 29.1. The number of hydroxylamine groups is 1. The Labute approximate surface area is 234 Å². The third kappa shape index (κ3) is 6.76. The summed E-state index contributed by atoms with van der Waals surface area (Å²) in [5, 5.41) is 19.8. The van der Waals surface area contributed by atoms with E-state index >= 15 is 0 Å². The molecule has 0 saturated carbocycles. The van der Waals surface area contributed by atoms with Crippen LogP contribution in [0.2, 0.25) is 0 Å². The Hall–Kier alpha value is -3.57. The lowest BCUT2D eigenvalue weighted by Gasteiger charge is -2.32. The van der Waals surface area contributed by atoms with Gasteiger partial charge in [-0.1, -0.05) is 66.7 Å². The van der Waals surface area contributed by atoms with E-state index in [4.69, 9.17) is 5.21 Å². The molecule has 10 heteroatoms. The number of hydrogen-bond donors (Lipinski definition) is 4. The fourth-order valence-corrected chi connectivity index (χ4v) is 6.72. The molecule has 40 heavy (non-hydrogen) atoms. The van der Waals surface area contributed by atoms with E-state index in [1.54, 1.807) is 55.4 Å². The van der Waals surface area contributed by atoms with Gasteiger partial charge in [0.1, 0.15) is 0 Å². The van der Waals surface area contributed by atoms with Gasteiger partial charge in [0.2, 0.25) is 21.8 Å². The maximum Gasteiger partial charge on any atom is 0.243 e. The van der Waals surface area contributed by atoms with Crippen molar-refractivity contribution < 1.29 is 28.3 Å². The van der Waals surface area contributed by atoms with E-state index in [1.807, 2.05) is 48.5 Å². The molecule has 1 aliphatic rings. The molecule has 0 aromatic heterocycles. The van der Waals surface area contributed by atoms with Crippen LogP contribution in [0.3, 0.4) is 0 Å². The molecule has 0 bridgehead atoms. The van der Waals surface area contributed by atoms with Crippen LogP contribution in [-0.2, 0) is 32.6 Å². The predicted molar refractivity (Wildman–Crippen MR) is 151 cm³/mol.